The lowest BCUT2D eigenvalue weighted by Crippen LogP contribution is -2.15. The van der Waals surface area contributed by atoms with Gasteiger partial charge in [-0.15, -0.1) is 0 Å². The molecule has 0 aliphatic carbocycles. The third-order valence-corrected chi connectivity index (χ3v) is 1.77. The van der Waals surface area contributed by atoms with Crippen LogP contribution in [0.4, 0.5) is 0 Å². The summed E-state index contributed by atoms with van der Waals surface area (Å²) in [6.07, 6.45) is 8.02. The van der Waals surface area contributed by atoms with Crippen molar-refractivity contribution in [3.05, 3.63) is 12.8 Å². The highest BCUT2D eigenvalue weighted by molar-refractivity contribution is 5.76. The van der Waals surface area contributed by atoms with Crippen molar-refractivity contribution in [2.24, 2.45) is 0 Å². The number of rotatable bonds is 7. The first-order valence-corrected chi connectivity index (χ1v) is 4.71. The van der Waals surface area contributed by atoms with Crippen LogP contribution >= 0.6 is 0 Å². The van der Waals surface area contributed by atoms with E-state index in [2.05, 4.69) is 18.8 Å². The number of hydrogen-bond acceptors (Lipinski definition) is 1. The number of amides is 1. The minimum Gasteiger partial charge on any atom is -0.333 e. The van der Waals surface area contributed by atoms with Crippen LogP contribution in [0.5, 0.6) is 0 Å². The summed E-state index contributed by atoms with van der Waals surface area (Å²) in [5, 5.41) is 2.56. The van der Waals surface area contributed by atoms with Crippen LogP contribution in [0.3, 0.4) is 0 Å². The molecule has 0 bridgehead atoms. The Balaban J connectivity index is 3.08. The van der Waals surface area contributed by atoms with Gasteiger partial charge in [0.15, 0.2) is 0 Å². The molecule has 0 fully saturated rings. The summed E-state index contributed by atoms with van der Waals surface area (Å²) in [5.41, 5.74) is 0. The summed E-state index contributed by atoms with van der Waals surface area (Å²) in [6.45, 7) is 5.61. The average molecular weight is 169 g/mol. The van der Waals surface area contributed by atoms with Crippen LogP contribution in [-0.4, -0.2) is 5.91 Å². The van der Waals surface area contributed by atoms with Crippen LogP contribution in [0.15, 0.2) is 12.8 Å². The highest BCUT2D eigenvalue weighted by Crippen LogP contribution is 2.04. The van der Waals surface area contributed by atoms with Gasteiger partial charge in [-0.2, -0.15) is 0 Å². The van der Waals surface area contributed by atoms with Gasteiger partial charge in [-0.3, -0.25) is 4.79 Å². The van der Waals surface area contributed by atoms with Gasteiger partial charge in [-0.1, -0.05) is 39.2 Å². The number of nitrogens with one attached hydrogen (secondary N) is 1. The summed E-state index contributed by atoms with van der Waals surface area (Å²) in [4.78, 5) is 10.9. The molecule has 1 N–H and O–H groups in total. The van der Waals surface area contributed by atoms with Crippen LogP contribution in [0.25, 0.3) is 0 Å². The topological polar surface area (TPSA) is 29.1 Å². The van der Waals surface area contributed by atoms with Gasteiger partial charge in [0.2, 0.25) is 5.91 Å². The highest BCUT2D eigenvalue weighted by atomic mass is 16.1. The van der Waals surface area contributed by atoms with Crippen molar-refractivity contribution in [3.8, 4) is 0 Å². The Labute approximate surface area is 75.0 Å². The van der Waals surface area contributed by atoms with Crippen molar-refractivity contribution in [1.82, 2.24) is 5.32 Å². The van der Waals surface area contributed by atoms with Crippen molar-refractivity contribution < 1.29 is 4.79 Å². The number of carbonyl (C=O) groups excluding carboxylic acids is 1. The molecule has 0 radical (unpaired) electrons. The van der Waals surface area contributed by atoms with E-state index in [0.29, 0.717) is 6.42 Å². The Bertz CT molecular complexity index is 132. The Morgan fingerprint density at radius 3 is 2.58 bits per heavy atom. The van der Waals surface area contributed by atoms with Crippen LogP contribution in [0.1, 0.15) is 45.4 Å². The lowest BCUT2D eigenvalue weighted by atomic mass is 10.1. The Morgan fingerprint density at radius 2 is 2.00 bits per heavy atom. The van der Waals surface area contributed by atoms with Crippen molar-refractivity contribution in [1.29, 1.82) is 0 Å². The summed E-state index contributed by atoms with van der Waals surface area (Å²) >= 11 is 0. The predicted octanol–water partition coefficient (Wildman–Crippen LogP) is 2.61. The quantitative estimate of drug-likeness (QED) is 0.583. The summed E-state index contributed by atoms with van der Waals surface area (Å²) < 4.78 is 0. The molecular weight excluding hydrogens is 150 g/mol. The van der Waals surface area contributed by atoms with Crippen LogP contribution in [0.2, 0.25) is 0 Å². The average Bonchev–Trinajstić information content (AvgIpc) is 2.05. The van der Waals surface area contributed by atoms with Gasteiger partial charge in [-0.25, -0.2) is 0 Å². The Kier molecular flexibility index (Phi) is 7.76. The number of unbranched alkanes of at least 4 members (excludes halogenated alkanes) is 4. The standard InChI is InChI=1S/C10H19NO/c1-3-5-6-7-8-9-10(12)11-4-2/h4H,2-3,5-9H2,1H3,(H,11,12). The summed E-state index contributed by atoms with van der Waals surface area (Å²) in [7, 11) is 0. The third-order valence-electron chi connectivity index (χ3n) is 1.77. The minimum atomic E-state index is 0.0847. The zero-order valence-electron chi connectivity index (χ0n) is 7.94. The van der Waals surface area contributed by atoms with Gasteiger partial charge in [0.1, 0.15) is 0 Å². The molecule has 0 spiro atoms. The summed E-state index contributed by atoms with van der Waals surface area (Å²) in [6, 6.07) is 0. The van der Waals surface area contributed by atoms with E-state index in [1.54, 1.807) is 0 Å². The maximum absolute atomic E-state index is 10.9. The second-order valence-corrected chi connectivity index (χ2v) is 2.94. The lowest BCUT2D eigenvalue weighted by molar-refractivity contribution is -0.120. The fourth-order valence-corrected chi connectivity index (χ4v) is 1.08. The molecule has 12 heavy (non-hydrogen) atoms. The molecule has 0 aliphatic heterocycles. The SMILES string of the molecule is C=CNC(=O)CCCCCCC. The van der Waals surface area contributed by atoms with Gasteiger partial charge >= 0.3 is 0 Å². The highest BCUT2D eigenvalue weighted by Gasteiger charge is 1.96. The molecule has 0 saturated carbocycles. The second kappa shape index (κ2) is 8.31. The smallest absolute Gasteiger partial charge is 0.223 e. The van der Waals surface area contributed by atoms with Gasteiger partial charge in [-0.05, 0) is 12.6 Å². The molecule has 0 rings (SSSR count). The maximum Gasteiger partial charge on any atom is 0.223 e. The van der Waals surface area contributed by atoms with E-state index in [1.807, 2.05) is 0 Å². The third kappa shape index (κ3) is 7.32. The molecule has 0 atom stereocenters. The molecule has 0 aromatic rings. The monoisotopic (exact) mass is 169 g/mol. The number of carbonyl (C=O) groups is 1. The van der Waals surface area contributed by atoms with Crippen LogP contribution in [-0.2, 0) is 4.79 Å². The first-order valence-electron chi connectivity index (χ1n) is 4.71. The first kappa shape index (κ1) is 11.2. The van der Waals surface area contributed by atoms with E-state index in [9.17, 15) is 4.79 Å². The molecule has 2 heteroatoms. The van der Waals surface area contributed by atoms with Crippen molar-refractivity contribution in [3.63, 3.8) is 0 Å². The molecule has 1 amide bonds. The molecule has 2 nitrogen and oxygen atoms in total. The van der Waals surface area contributed by atoms with E-state index in [4.69, 9.17) is 0 Å². The normalized spacial score (nSPS) is 9.42. The predicted molar refractivity (Wildman–Crippen MR) is 51.7 cm³/mol. The van der Waals surface area contributed by atoms with Crippen LogP contribution in [0, 0.1) is 0 Å². The molecular formula is C10H19NO. The van der Waals surface area contributed by atoms with Crippen molar-refractivity contribution in [2.45, 2.75) is 45.4 Å². The largest absolute Gasteiger partial charge is 0.333 e. The molecule has 0 aromatic carbocycles. The molecule has 0 unspecified atom stereocenters. The number of hydrogen-bond donors (Lipinski definition) is 1. The van der Waals surface area contributed by atoms with Crippen molar-refractivity contribution in [2.75, 3.05) is 0 Å². The van der Waals surface area contributed by atoms with E-state index in [-0.39, 0.29) is 5.91 Å². The fraction of sp³-hybridized carbons (Fsp3) is 0.700. The van der Waals surface area contributed by atoms with Gasteiger partial charge in [0, 0.05) is 6.42 Å². The minimum absolute atomic E-state index is 0.0847. The maximum atomic E-state index is 10.9. The van der Waals surface area contributed by atoms with E-state index >= 15 is 0 Å². The van der Waals surface area contributed by atoms with Gasteiger partial charge in [0.05, 0.1) is 0 Å². The van der Waals surface area contributed by atoms with Gasteiger partial charge < -0.3 is 5.32 Å². The van der Waals surface area contributed by atoms with E-state index in [0.717, 1.165) is 6.42 Å². The molecule has 0 heterocycles. The van der Waals surface area contributed by atoms with E-state index in [1.165, 1.54) is 31.9 Å². The zero-order chi connectivity index (χ0) is 9.23. The lowest BCUT2D eigenvalue weighted by Gasteiger charge is -1.99. The van der Waals surface area contributed by atoms with E-state index < -0.39 is 0 Å². The van der Waals surface area contributed by atoms with Gasteiger partial charge in [0.25, 0.3) is 0 Å². The fourth-order valence-electron chi connectivity index (χ4n) is 1.08. The second-order valence-electron chi connectivity index (χ2n) is 2.94. The zero-order valence-corrected chi connectivity index (χ0v) is 7.94. The summed E-state index contributed by atoms with van der Waals surface area (Å²) in [5.74, 6) is 0.0847. The Hall–Kier alpha value is -0.790. The Morgan fingerprint density at radius 1 is 1.33 bits per heavy atom. The molecule has 70 valence electrons. The molecule has 0 saturated heterocycles. The molecule has 0 aromatic heterocycles. The first-order chi connectivity index (χ1) is 5.81. The van der Waals surface area contributed by atoms with Crippen LogP contribution < -0.4 is 5.32 Å². The van der Waals surface area contributed by atoms with Crippen molar-refractivity contribution >= 4 is 5.91 Å². The molecule has 0 aliphatic rings.